The van der Waals surface area contributed by atoms with Crippen molar-refractivity contribution in [3.05, 3.63) is 30.6 Å². The van der Waals surface area contributed by atoms with E-state index >= 15 is 0 Å². The predicted molar refractivity (Wildman–Crippen MR) is 86.1 cm³/mol. The molecule has 1 aromatic heterocycles. The van der Waals surface area contributed by atoms with Gasteiger partial charge in [-0.15, -0.1) is 0 Å². The van der Waals surface area contributed by atoms with Crippen LogP contribution in [0.25, 0.3) is 0 Å². The zero-order valence-corrected chi connectivity index (χ0v) is 13.5. The second-order valence-corrected chi connectivity index (χ2v) is 5.78. The molecule has 3 nitrogen and oxygen atoms in total. The van der Waals surface area contributed by atoms with Crippen molar-refractivity contribution < 1.29 is 14.4 Å². The summed E-state index contributed by atoms with van der Waals surface area (Å²) >= 11 is 0. The van der Waals surface area contributed by atoms with E-state index in [2.05, 4.69) is 6.92 Å². The molecule has 0 aromatic carbocycles. The molecule has 0 aliphatic heterocycles. The lowest BCUT2D eigenvalue weighted by Gasteiger charge is -2.08. The van der Waals surface area contributed by atoms with Crippen LogP contribution in [0.1, 0.15) is 58.3 Å². The highest BCUT2D eigenvalue weighted by atomic mass is 16.5. The van der Waals surface area contributed by atoms with Gasteiger partial charge in [-0.2, -0.15) is 0 Å². The fraction of sp³-hybridized carbons (Fsp3) is 0.722. The molecule has 0 amide bonds. The van der Waals surface area contributed by atoms with Crippen LogP contribution in [0.3, 0.4) is 0 Å². The maximum absolute atomic E-state index is 9.88. The van der Waals surface area contributed by atoms with Gasteiger partial charge in [0.25, 0.3) is 0 Å². The molecule has 3 heteroatoms. The van der Waals surface area contributed by atoms with E-state index in [9.17, 15) is 5.11 Å². The lowest BCUT2D eigenvalue weighted by molar-refractivity contribution is -0.703. The zero-order chi connectivity index (χ0) is 15.2. The average Bonchev–Trinajstić information content (AvgIpc) is 2.50. The predicted octanol–water partition coefficient (Wildman–Crippen LogP) is 3.49. The molecule has 21 heavy (non-hydrogen) atoms. The molecule has 0 bridgehead atoms. The summed E-state index contributed by atoms with van der Waals surface area (Å²) < 4.78 is 7.53. The molecule has 1 N–H and O–H groups in total. The Morgan fingerprint density at radius 3 is 2.19 bits per heavy atom. The van der Waals surface area contributed by atoms with Gasteiger partial charge in [-0.25, -0.2) is 4.57 Å². The number of hydrogen-bond acceptors (Lipinski definition) is 2. The molecule has 0 aliphatic carbocycles. The topological polar surface area (TPSA) is 33.3 Å². The van der Waals surface area contributed by atoms with Gasteiger partial charge >= 0.3 is 0 Å². The van der Waals surface area contributed by atoms with E-state index in [-0.39, 0.29) is 0 Å². The van der Waals surface area contributed by atoms with Crippen molar-refractivity contribution >= 4 is 0 Å². The highest BCUT2D eigenvalue weighted by Crippen LogP contribution is 2.08. The fourth-order valence-electron chi connectivity index (χ4n) is 2.41. The number of aromatic nitrogens is 1. The minimum absolute atomic E-state index is 0.425. The van der Waals surface area contributed by atoms with Gasteiger partial charge in [0, 0.05) is 18.7 Å². The molecule has 1 atom stereocenters. The molecule has 1 aromatic rings. The molecule has 1 unspecified atom stereocenters. The third kappa shape index (κ3) is 10.4. The Labute approximate surface area is 130 Å². The van der Waals surface area contributed by atoms with Crippen molar-refractivity contribution in [3.8, 4) is 0 Å². The number of aliphatic hydroxyl groups is 1. The summed E-state index contributed by atoms with van der Waals surface area (Å²) in [4.78, 5) is 0. The fourth-order valence-corrected chi connectivity index (χ4v) is 2.41. The second-order valence-electron chi connectivity index (χ2n) is 5.78. The van der Waals surface area contributed by atoms with Crippen molar-refractivity contribution in [1.82, 2.24) is 0 Å². The number of aliphatic hydroxyl groups excluding tert-OH is 1. The van der Waals surface area contributed by atoms with Crippen LogP contribution >= 0.6 is 0 Å². The number of pyridine rings is 1. The van der Waals surface area contributed by atoms with E-state index in [0.29, 0.717) is 13.2 Å². The van der Waals surface area contributed by atoms with E-state index in [4.69, 9.17) is 4.74 Å². The van der Waals surface area contributed by atoms with Gasteiger partial charge in [0.15, 0.2) is 18.9 Å². The quantitative estimate of drug-likeness (QED) is 0.446. The van der Waals surface area contributed by atoms with Crippen molar-refractivity contribution in [3.63, 3.8) is 0 Å². The van der Waals surface area contributed by atoms with Crippen LogP contribution in [-0.2, 0) is 11.3 Å². The average molecular weight is 294 g/mol. The minimum Gasteiger partial charge on any atom is -0.384 e. The molecule has 0 spiro atoms. The third-order valence-electron chi connectivity index (χ3n) is 3.65. The summed E-state index contributed by atoms with van der Waals surface area (Å²) in [6, 6.07) is 5.91. The second kappa shape index (κ2) is 12.8. The number of rotatable bonds is 13. The molecule has 0 radical (unpaired) electrons. The normalized spacial score (nSPS) is 12.5. The largest absolute Gasteiger partial charge is 0.384 e. The van der Waals surface area contributed by atoms with Gasteiger partial charge in [-0.05, 0) is 6.42 Å². The molecule has 1 rings (SSSR count). The third-order valence-corrected chi connectivity index (χ3v) is 3.65. The molecule has 0 fully saturated rings. The van der Waals surface area contributed by atoms with Gasteiger partial charge < -0.3 is 9.84 Å². The highest BCUT2D eigenvalue weighted by Gasteiger charge is 2.09. The van der Waals surface area contributed by atoms with Gasteiger partial charge in [0.05, 0.1) is 6.61 Å². The van der Waals surface area contributed by atoms with E-state index in [1.54, 1.807) is 0 Å². The van der Waals surface area contributed by atoms with Crippen LogP contribution < -0.4 is 4.57 Å². The molecule has 0 aliphatic rings. The van der Waals surface area contributed by atoms with Crippen LogP contribution in [-0.4, -0.2) is 24.4 Å². The van der Waals surface area contributed by atoms with Crippen molar-refractivity contribution in [2.75, 3.05) is 13.2 Å². The first kappa shape index (κ1) is 18.1. The van der Waals surface area contributed by atoms with Crippen LogP contribution in [0.15, 0.2) is 30.6 Å². The van der Waals surface area contributed by atoms with Crippen molar-refractivity contribution in [2.24, 2.45) is 0 Å². The first-order valence-corrected chi connectivity index (χ1v) is 8.53. The monoisotopic (exact) mass is 294 g/mol. The summed E-state index contributed by atoms with van der Waals surface area (Å²) in [6.45, 7) is 4.05. The first-order valence-electron chi connectivity index (χ1n) is 8.53. The summed E-state index contributed by atoms with van der Waals surface area (Å²) in [5.41, 5.74) is 0. The summed E-state index contributed by atoms with van der Waals surface area (Å²) in [7, 11) is 0. The maximum Gasteiger partial charge on any atom is 0.176 e. The van der Waals surface area contributed by atoms with E-state index in [0.717, 1.165) is 13.0 Å². The van der Waals surface area contributed by atoms with Gasteiger partial charge in [0.1, 0.15) is 6.10 Å². The lowest BCUT2D eigenvalue weighted by atomic mass is 10.1. The Hall–Kier alpha value is -0.930. The maximum atomic E-state index is 9.88. The minimum atomic E-state index is -0.425. The number of hydrogen-bond donors (Lipinski definition) is 1. The SMILES string of the molecule is CCCCCCCCCCOCC(O)C[n+]1ccccc1. The molecule has 0 saturated heterocycles. The number of nitrogens with zero attached hydrogens (tertiary/aromatic N) is 1. The summed E-state index contributed by atoms with van der Waals surface area (Å²) in [5, 5.41) is 9.88. The van der Waals surface area contributed by atoms with Crippen molar-refractivity contribution in [2.45, 2.75) is 70.9 Å². The van der Waals surface area contributed by atoms with Crippen LogP contribution in [0.2, 0.25) is 0 Å². The Balaban J connectivity index is 1.87. The molecular formula is C18H32NO2+. The Morgan fingerprint density at radius 1 is 0.905 bits per heavy atom. The molecule has 0 saturated carbocycles. The number of unbranched alkanes of at least 4 members (excludes halogenated alkanes) is 7. The molecule has 120 valence electrons. The van der Waals surface area contributed by atoms with Crippen molar-refractivity contribution in [1.29, 1.82) is 0 Å². The number of ether oxygens (including phenoxy) is 1. The lowest BCUT2D eigenvalue weighted by Crippen LogP contribution is -2.40. The van der Waals surface area contributed by atoms with E-state index in [1.807, 2.05) is 35.2 Å². The Bertz CT molecular complexity index is 329. The summed E-state index contributed by atoms with van der Waals surface area (Å²) in [5.74, 6) is 0. The Morgan fingerprint density at radius 2 is 1.52 bits per heavy atom. The Kier molecular flexibility index (Phi) is 11.0. The van der Waals surface area contributed by atoms with E-state index in [1.165, 1.54) is 44.9 Å². The van der Waals surface area contributed by atoms with Gasteiger partial charge in [-0.1, -0.05) is 57.9 Å². The highest BCUT2D eigenvalue weighted by molar-refractivity contribution is 4.83. The molecule has 1 heterocycles. The summed E-state index contributed by atoms with van der Waals surface area (Å²) in [6.07, 6.45) is 14.0. The smallest absolute Gasteiger partial charge is 0.176 e. The zero-order valence-electron chi connectivity index (χ0n) is 13.5. The molecular weight excluding hydrogens is 262 g/mol. The van der Waals surface area contributed by atoms with Crippen LogP contribution in [0.5, 0.6) is 0 Å². The van der Waals surface area contributed by atoms with Crippen LogP contribution in [0, 0.1) is 0 Å². The van der Waals surface area contributed by atoms with Gasteiger partial charge in [0.2, 0.25) is 0 Å². The first-order chi connectivity index (χ1) is 10.3. The van der Waals surface area contributed by atoms with Crippen LogP contribution in [0.4, 0.5) is 0 Å². The van der Waals surface area contributed by atoms with Gasteiger partial charge in [-0.3, -0.25) is 0 Å². The standard InChI is InChI=1S/C18H32NO2/c1-2-3-4-5-6-7-8-12-15-21-17-18(20)16-19-13-10-9-11-14-19/h9-11,13-14,18,20H,2-8,12,15-17H2,1H3/q+1. The van der Waals surface area contributed by atoms with E-state index < -0.39 is 6.10 Å².